The predicted octanol–water partition coefficient (Wildman–Crippen LogP) is 3.42. The topological polar surface area (TPSA) is 50.3 Å². The molecule has 0 N–H and O–H groups in total. The van der Waals surface area contributed by atoms with E-state index < -0.39 is 10.0 Å². The van der Waals surface area contributed by atoms with Gasteiger partial charge in [0.1, 0.15) is 5.82 Å². The molecule has 0 fully saturated rings. The molecule has 2 rings (SSSR count). The van der Waals surface area contributed by atoms with E-state index in [9.17, 15) is 8.42 Å². The molecular weight excluding hydrogens is 284 g/mol. The minimum Gasteiger partial charge on any atom is -0.253 e. The molecule has 4 nitrogen and oxygen atoms in total. The Hall–Kier alpha value is -1.88. The summed E-state index contributed by atoms with van der Waals surface area (Å²) >= 11 is 0. The van der Waals surface area contributed by atoms with Gasteiger partial charge in [0.05, 0.1) is 4.90 Å². The molecule has 2 aromatic rings. The number of nitrogens with zero attached hydrogens (tertiary/aromatic N) is 2. The van der Waals surface area contributed by atoms with Gasteiger partial charge in [0.25, 0.3) is 10.0 Å². The Morgan fingerprint density at radius 3 is 2.33 bits per heavy atom. The van der Waals surface area contributed by atoms with E-state index in [1.165, 1.54) is 11.4 Å². The number of hydrogen-bond donors (Lipinski definition) is 0. The van der Waals surface area contributed by atoms with E-state index in [2.05, 4.69) is 18.8 Å². The van der Waals surface area contributed by atoms with Crippen LogP contribution in [-0.2, 0) is 10.0 Å². The van der Waals surface area contributed by atoms with Crippen molar-refractivity contribution in [3.63, 3.8) is 0 Å². The first-order valence-electron chi connectivity index (χ1n) is 6.96. The summed E-state index contributed by atoms with van der Waals surface area (Å²) in [5.41, 5.74) is 1.15. The average molecular weight is 304 g/mol. The van der Waals surface area contributed by atoms with E-state index >= 15 is 0 Å². The predicted molar refractivity (Wildman–Crippen MR) is 85.0 cm³/mol. The molecule has 0 bridgehead atoms. The van der Waals surface area contributed by atoms with Crippen LogP contribution in [0.2, 0.25) is 0 Å². The van der Waals surface area contributed by atoms with Crippen LogP contribution in [0.15, 0.2) is 53.6 Å². The minimum absolute atomic E-state index is 0.280. The lowest BCUT2D eigenvalue weighted by atomic mass is 9.99. The Morgan fingerprint density at radius 2 is 1.81 bits per heavy atom. The van der Waals surface area contributed by atoms with Gasteiger partial charge >= 0.3 is 0 Å². The number of hydrogen-bond acceptors (Lipinski definition) is 3. The van der Waals surface area contributed by atoms with Gasteiger partial charge in [-0.25, -0.2) is 13.4 Å². The van der Waals surface area contributed by atoms with Crippen molar-refractivity contribution in [3.05, 3.63) is 54.2 Å². The van der Waals surface area contributed by atoms with Crippen LogP contribution in [0.5, 0.6) is 0 Å². The number of sulfonamides is 1. The largest absolute Gasteiger partial charge is 0.265 e. The second-order valence-corrected chi connectivity index (χ2v) is 7.01. The fourth-order valence-electron chi connectivity index (χ4n) is 2.03. The Bertz CT molecular complexity index is 682. The summed E-state index contributed by atoms with van der Waals surface area (Å²) in [5.74, 6) is 0.832. The number of rotatable bonds is 5. The summed E-state index contributed by atoms with van der Waals surface area (Å²) in [7, 11) is -2.06. The summed E-state index contributed by atoms with van der Waals surface area (Å²) in [4.78, 5) is 4.36. The van der Waals surface area contributed by atoms with Crippen LogP contribution < -0.4 is 4.31 Å². The zero-order valence-corrected chi connectivity index (χ0v) is 13.3. The van der Waals surface area contributed by atoms with Crippen LogP contribution >= 0.6 is 0 Å². The molecule has 0 amide bonds. The van der Waals surface area contributed by atoms with E-state index in [1.807, 2.05) is 12.1 Å². The first-order valence-corrected chi connectivity index (χ1v) is 8.40. The van der Waals surface area contributed by atoms with Crippen LogP contribution in [0.1, 0.15) is 31.7 Å². The molecule has 0 unspecified atom stereocenters. The van der Waals surface area contributed by atoms with Gasteiger partial charge in [-0.3, -0.25) is 4.31 Å². The van der Waals surface area contributed by atoms with E-state index in [1.54, 1.807) is 36.5 Å². The van der Waals surface area contributed by atoms with Crippen LogP contribution in [0, 0.1) is 0 Å². The Kier molecular flexibility index (Phi) is 4.63. The van der Waals surface area contributed by atoms with E-state index in [0.717, 1.165) is 12.0 Å². The lowest BCUT2D eigenvalue weighted by molar-refractivity contribution is 0.594. The number of anilines is 1. The fraction of sp³-hybridized carbons (Fsp3) is 0.312. The molecular formula is C16H20N2O2S. The van der Waals surface area contributed by atoms with Crippen molar-refractivity contribution in [1.82, 2.24) is 4.98 Å². The molecule has 5 heteroatoms. The third kappa shape index (κ3) is 3.24. The quantitative estimate of drug-likeness (QED) is 0.850. The van der Waals surface area contributed by atoms with Gasteiger partial charge in [0, 0.05) is 13.2 Å². The van der Waals surface area contributed by atoms with Crippen LogP contribution in [-0.4, -0.2) is 20.4 Å². The monoisotopic (exact) mass is 304 g/mol. The highest BCUT2D eigenvalue weighted by Crippen LogP contribution is 2.23. The van der Waals surface area contributed by atoms with Gasteiger partial charge in [0.2, 0.25) is 0 Å². The number of aromatic nitrogens is 1. The van der Waals surface area contributed by atoms with Gasteiger partial charge in [-0.15, -0.1) is 0 Å². The molecule has 1 aromatic carbocycles. The van der Waals surface area contributed by atoms with Gasteiger partial charge < -0.3 is 0 Å². The highest BCUT2D eigenvalue weighted by Gasteiger charge is 2.22. The molecule has 0 spiro atoms. The summed E-state index contributed by atoms with van der Waals surface area (Å²) in [6.45, 7) is 4.24. The Balaban J connectivity index is 2.32. The van der Waals surface area contributed by atoms with Crippen LogP contribution in [0.3, 0.4) is 0 Å². The van der Waals surface area contributed by atoms with Gasteiger partial charge in [-0.2, -0.15) is 0 Å². The smallest absolute Gasteiger partial charge is 0.253 e. The lowest BCUT2D eigenvalue weighted by Gasteiger charge is -2.18. The van der Waals surface area contributed by atoms with Crippen molar-refractivity contribution in [2.24, 2.45) is 0 Å². The maximum atomic E-state index is 12.6. The molecule has 0 saturated heterocycles. The van der Waals surface area contributed by atoms with E-state index in [0.29, 0.717) is 11.7 Å². The average Bonchev–Trinajstić information content (AvgIpc) is 2.54. The number of pyridine rings is 1. The van der Waals surface area contributed by atoms with Crippen molar-refractivity contribution in [2.75, 3.05) is 11.4 Å². The van der Waals surface area contributed by atoms with E-state index in [4.69, 9.17) is 0 Å². The van der Waals surface area contributed by atoms with Crippen molar-refractivity contribution < 1.29 is 8.42 Å². The summed E-state index contributed by atoms with van der Waals surface area (Å²) in [5, 5.41) is 0. The molecule has 0 radical (unpaired) electrons. The minimum atomic E-state index is -3.57. The molecule has 112 valence electrons. The van der Waals surface area contributed by atoms with Crippen molar-refractivity contribution in [2.45, 2.75) is 31.1 Å². The third-order valence-corrected chi connectivity index (χ3v) is 5.47. The van der Waals surface area contributed by atoms with E-state index in [-0.39, 0.29) is 4.90 Å². The van der Waals surface area contributed by atoms with Crippen LogP contribution in [0.25, 0.3) is 0 Å². The molecule has 1 heterocycles. The first-order chi connectivity index (χ1) is 9.96. The summed E-state index contributed by atoms with van der Waals surface area (Å²) in [6, 6.07) is 12.3. The maximum absolute atomic E-state index is 12.6. The highest BCUT2D eigenvalue weighted by atomic mass is 32.2. The molecule has 21 heavy (non-hydrogen) atoms. The summed E-state index contributed by atoms with van der Waals surface area (Å²) < 4.78 is 26.3. The standard InChI is InChI=1S/C16H20N2O2S/c1-4-13(2)14-8-10-15(11-9-14)21(19,20)18(3)16-7-5-6-12-17-16/h5-13H,4H2,1-3H3/t13-/m0/s1. The lowest BCUT2D eigenvalue weighted by Crippen LogP contribution is -2.27. The molecule has 0 saturated carbocycles. The zero-order chi connectivity index (χ0) is 15.5. The molecule has 0 aliphatic heterocycles. The molecule has 0 aliphatic rings. The van der Waals surface area contributed by atoms with Crippen LogP contribution in [0.4, 0.5) is 5.82 Å². The maximum Gasteiger partial charge on any atom is 0.265 e. The van der Waals surface area contributed by atoms with Crippen molar-refractivity contribution >= 4 is 15.8 Å². The fourth-order valence-corrected chi connectivity index (χ4v) is 3.18. The SMILES string of the molecule is CC[C@H](C)c1ccc(S(=O)(=O)N(C)c2ccccn2)cc1. The zero-order valence-electron chi connectivity index (χ0n) is 12.5. The highest BCUT2D eigenvalue weighted by molar-refractivity contribution is 7.92. The second kappa shape index (κ2) is 6.26. The molecule has 1 atom stereocenters. The second-order valence-electron chi connectivity index (χ2n) is 5.04. The summed E-state index contributed by atoms with van der Waals surface area (Å²) in [6.07, 6.45) is 2.60. The normalized spacial score (nSPS) is 12.9. The first kappa shape index (κ1) is 15.5. The Morgan fingerprint density at radius 1 is 1.14 bits per heavy atom. The van der Waals surface area contributed by atoms with Gasteiger partial charge in [-0.1, -0.05) is 32.0 Å². The molecule has 1 aromatic heterocycles. The third-order valence-electron chi connectivity index (χ3n) is 3.69. The van der Waals surface area contributed by atoms with Crippen molar-refractivity contribution in [1.29, 1.82) is 0 Å². The Labute approximate surface area is 126 Å². The molecule has 0 aliphatic carbocycles. The van der Waals surface area contributed by atoms with Gasteiger partial charge in [-0.05, 0) is 42.2 Å². The van der Waals surface area contributed by atoms with Gasteiger partial charge in [0.15, 0.2) is 0 Å². The van der Waals surface area contributed by atoms with Crippen molar-refractivity contribution in [3.8, 4) is 0 Å². The number of benzene rings is 1.